The largest absolute Gasteiger partial charge is 0.493 e. The van der Waals surface area contributed by atoms with Crippen LogP contribution in [0.15, 0.2) is 28.8 Å². The topological polar surface area (TPSA) is 55.5 Å². The van der Waals surface area contributed by atoms with Gasteiger partial charge in [0, 0.05) is 24.5 Å². The summed E-state index contributed by atoms with van der Waals surface area (Å²) in [5.41, 5.74) is 3.06. The molecule has 1 aliphatic rings. The van der Waals surface area contributed by atoms with Gasteiger partial charge in [-0.3, -0.25) is 0 Å². The van der Waals surface area contributed by atoms with Crippen molar-refractivity contribution in [2.45, 2.75) is 12.8 Å². The van der Waals surface area contributed by atoms with E-state index < -0.39 is 0 Å². The molecular formula is C13H13NO3. The Balaban J connectivity index is 1.92. The third kappa shape index (κ3) is 1.91. The fourth-order valence-corrected chi connectivity index (χ4v) is 2.02. The van der Waals surface area contributed by atoms with Crippen LogP contribution in [0, 0.1) is 0 Å². The molecule has 2 heterocycles. The van der Waals surface area contributed by atoms with Gasteiger partial charge in [-0.05, 0) is 23.8 Å². The van der Waals surface area contributed by atoms with Crippen LogP contribution in [-0.4, -0.2) is 23.5 Å². The van der Waals surface area contributed by atoms with E-state index in [1.165, 1.54) is 5.56 Å². The van der Waals surface area contributed by atoms with Gasteiger partial charge in [-0.15, -0.1) is 0 Å². The smallest absolute Gasteiger partial charge is 0.139 e. The number of aliphatic hydroxyl groups is 1. The molecule has 1 aromatic heterocycles. The molecule has 0 aliphatic carbocycles. The van der Waals surface area contributed by atoms with Crippen molar-refractivity contribution in [2.24, 2.45) is 0 Å². The highest BCUT2D eigenvalue weighted by atomic mass is 16.5. The summed E-state index contributed by atoms with van der Waals surface area (Å²) in [4.78, 5) is 0. The fraction of sp³-hybridized carbons (Fsp3) is 0.308. The molecule has 17 heavy (non-hydrogen) atoms. The molecule has 88 valence electrons. The standard InChI is InChI=1S/C13H13NO3/c15-5-3-11-8-12(14-17-11)9-1-2-13-10(7-9)4-6-16-13/h1-2,7-8,15H,3-6H2. The van der Waals surface area contributed by atoms with Gasteiger partial charge < -0.3 is 14.4 Å². The molecule has 0 fully saturated rings. The van der Waals surface area contributed by atoms with E-state index in [4.69, 9.17) is 14.4 Å². The van der Waals surface area contributed by atoms with Gasteiger partial charge in [0.25, 0.3) is 0 Å². The molecule has 0 amide bonds. The Hall–Kier alpha value is -1.81. The van der Waals surface area contributed by atoms with Crippen LogP contribution in [-0.2, 0) is 12.8 Å². The van der Waals surface area contributed by atoms with Gasteiger partial charge in [0.05, 0.1) is 13.2 Å². The minimum absolute atomic E-state index is 0.0761. The predicted octanol–water partition coefficient (Wildman–Crippen LogP) is 1.81. The highest BCUT2D eigenvalue weighted by Crippen LogP contribution is 2.30. The maximum atomic E-state index is 8.82. The molecule has 1 aromatic carbocycles. The average molecular weight is 231 g/mol. The molecule has 0 bridgehead atoms. The molecule has 0 atom stereocenters. The molecular weight excluding hydrogens is 218 g/mol. The first-order chi connectivity index (χ1) is 8.36. The molecule has 0 saturated carbocycles. The van der Waals surface area contributed by atoms with Crippen molar-refractivity contribution >= 4 is 0 Å². The van der Waals surface area contributed by atoms with Gasteiger partial charge in [0.15, 0.2) is 0 Å². The number of hydrogen-bond acceptors (Lipinski definition) is 4. The van der Waals surface area contributed by atoms with Crippen LogP contribution in [0.25, 0.3) is 11.3 Å². The summed E-state index contributed by atoms with van der Waals surface area (Å²) in [5.74, 6) is 1.67. The zero-order chi connectivity index (χ0) is 11.7. The molecule has 4 heteroatoms. The Kier molecular flexibility index (Phi) is 2.57. The molecule has 1 N–H and O–H groups in total. The molecule has 0 radical (unpaired) electrons. The van der Waals surface area contributed by atoms with E-state index in [1.54, 1.807) is 0 Å². The van der Waals surface area contributed by atoms with E-state index in [-0.39, 0.29) is 6.61 Å². The van der Waals surface area contributed by atoms with Crippen molar-refractivity contribution in [3.8, 4) is 17.0 Å². The van der Waals surface area contributed by atoms with E-state index in [0.29, 0.717) is 12.2 Å². The number of fused-ring (bicyclic) bond motifs is 1. The van der Waals surface area contributed by atoms with Gasteiger partial charge in [-0.25, -0.2) is 0 Å². The quantitative estimate of drug-likeness (QED) is 0.875. The number of hydrogen-bond donors (Lipinski definition) is 1. The van der Waals surface area contributed by atoms with Gasteiger partial charge >= 0.3 is 0 Å². The van der Waals surface area contributed by atoms with Crippen LogP contribution in [0.3, 0.4) is 0 Å². The lowest BCUT2D eigenvalue weighted by molar-refractivity contribution is 0.277. The monoisotopic (exact) mass is 231 g/mol. The summed E-state index contributed by atoms with van der Waals surface area (Å²) >= 11 is 0. The van der Waals surface area contributed by atoms with E-state index in [1.807, 2.05) is 18.2 Å². The predicted molar refractivity (Wildman–Crippen MR) is 61.9 cm³/mol. The molecule has 0 unspecified atom stereocenters. The molecule has 4 nitrogen and oxygen atoms in total. The van der Waals surface area contributed by atoms with E-state index in [2.05, 4.69) is 11.2 Å². The third-order valence-corrected chi connectivity index (χ3v) is 2.90. The van der Waals surface area contributed by atoms with Gasteiger partial charge in [-0.1, -0.05) is 5.16 Å². The highest BCUT2D eigenvalue weighted by Gasteiger charge is 2.14. The van der Waals surface area contributed by atoms with Gasteiger partial charge in [-0.2, -0.15) is 0 Å². The lowest BCUT2D eigenvalue weighted by Crippen LogP contribution is -1.86. The Morgan fingerprint density at radius 1 is 1.29 bits per heavy atom. The van der Waals surface area contributed by atoms with Crippen LogP contribution in [0.2, 0.25) is 0 Å². The van der Waals surface area contributed by atoms with Crippen LogP contribution in [0.5, 0.6) is 5.75 Å². The van der Waals surface area contributed by atoms with E-state index in [0.717, 1.165) is 30.0 Å². The Morgan fingerprint density at radius 3 is 3.12 bits per heavy atom. The zero-order valence-corrected chi connectivity index (χ0v) is 9.35. The summed E-state index contributed by atoms with van der Waals surface area (Å²) < 4.78 is 10.6. The molecule has 0 spiro atoms. The lowest BCUT2D eigenvalue weighted by Gasteiger charge is -2.00. The van der Waals surface area contributed by atoms with Crippen LogP contribution in [0.4, 0.5) is 0 Å². The fourth-order valence-electron chi connectivity index (χ4n) is 2.02. The van der Waals surface area contributed by atoms with Crippen molar-refractivity contribution in [1.82, 2.24) is 5.16 Å². The summed E-state index contributed by atoms with van der Waals surface area (Å²) in [5, 5.41) is 12.8. The lowest BCUT2D eigenvalue weighted by atomic mass is 10.1. The second-order valence-electron chi connectivity index (χ2n) is 4.07. The van der Waals surface area contributed by atoms with Crippen LogP contribution in [0.1, 0.15) is 11.3 Å². The summed E-state index contributed by atoms with van der Waals surface area (Å²) in [7, 11) is 0. The molecule has 0 saturated heterocycles. The Morgan fingerprint density at radius 2 is 2.24 bits per heavy atom. The van der Waals surface area contributed by atoms with Crippen molar-refractivity contribution in [1.29, 1.82) is 0 Å². The molecule has 3 rings (SSSR count). The van der Waals surface area contributed by atoms with Crippen LogP contribution < -0.4 is 4.74 Å². The molecule has 2 aromatic rings. The second-order valence-corrected chi connectivity index (χ2v) is 4.07. The SMILES string of the molecule is OCCc1cc(-c2ccc3c(c2)CCO3)no1. The highest BCUT2D eigenvalue weighted by molar-refractivity contribution is 5.62. The van der Waals surface area contributed by atoms with Crippen molar-refractivity contribution in [2.75, 3.05) is 13.2 Å². The summed E-state index contributed by atoms with van der Waals surface area (Å²) in [6.45, 7) is 0.833. The van der Waals surface area contributed by atoms with Gasteiger partial charge in [0.2, 0.25) is 0 Å². The normalized spacial score (nSPS) is 13.5. The van der Waals surface area contributed by atoms with Crippen molar-refractivity contribution < 1.29 is 14.4 Å². The van der Waals surface area contributed by atoms with Gasteiger partial charge in [0.1, 0.15) is 17.2 Å². The summed E-state index contributed by atoms with van der Waals surface area (Å²) in [6.07, 6.45) is 1.45. The maximum Gasteiger partial charge on any atom is 0.139 e. The van der Waals surface area contributed by atoms with E-state index in [9.17, 15) is 0 Å². The number of aromatic nitrogens is 1. The van der Waals surface area contributed by atoms with E-state index >= 15 is 0 Å². The zero-order valence-electron chi connectivity index (χ0n) is 9.35. The third-order valence-electron chi connectivity index (χ3n) is 2.90. The Bertz CT molecular complexity index is 533. The maximum absolute atomic E-state index is 8.82. The number of ether oxygens (including phenoxy) is 1. The number of nitrogens with zero attached hydrogens (tertiary/aromatic N) is 1. The van der Waals surface area contributed by atoms with Crippen molar-refractivity contribution in [3.05, 3.63) is 35.6 Å². The summed E-state index contributed by atoms with van der Waals surface area (Å²) in [6, 6.07) is 7.90. The average Bonchev–Trinajstić information content (AvgIpc) is 2.96. The number of aliphatic hydroxyl groups excluding tert-OH is 1. The van der Waals surface area contributed by atoms with Crippen molar-refractivity contribution in [3.63, 3.8) is 0 Å². The Labute approximate surface area is 98.8 Å². The second kappa shape index (κ2) is 4.22. The number of benzene rings is 1. The molecule has 1 aliphatic heterocycles. The number of rotatable bonds is 3. The minimum Gasteiger partial charge on any atom is -0.493 e. The minimum atomic E-state index is 0.0761. The van der Waals surface area contributed by atoms with Crippen LogP contribution >= 0.6 is 0 Å². The first kappa shape index (κ1) is 10.4. The first-order valence-corrected chi connectivity index (χ1v) is 5.69. The first-order valence-electron chi connectivity index (χ1n) is 5.69.